The van der Waals surface area contributed by atoms with Crippen LogP contribution in [0.25, 0.3) is 0 Å². The number of hydrogen-bond acceptors (Lipinski definition) is 4. The molecule has 0 aromatic heterocycles. The molecule has 0 aliphatic heterocycles. The van der Waals surface area contributed by atoms with Crippen molar-refractivity contribution in [3.05, 3.63) is 24.3 Å². The Morgan fingerprint density at radius 2 is 1.70 bits per heavy atom. The molecule has 20 heavy (non-hydrogen) atoms. The normalized spacial score (nSPS) is 11.2. The van der Waals surface area contributed by atoms with E-state index in [1.807, 2.05) is 24.3 Å². The number of methoxy groups -OCH3 is 1. The third-order valence-electron chi connectivity index (χ3n) is 2.55. The lowest BCUT2D eigenvalue weighted by Gasteiger charge is -2.20. The number of anilines is 2. The molecular formula is C15H25N3O2. The Morgan fingerprint density at radius 3 is 2.25 bits per heavy atom. The van der Waals surface area contributed by atoms with Gasteiger partial charge in [-0.2, -0.15) is 0 Å². The summed E-state index contributed by atoms with van der Waals surface area (Å²) >= 11 is 0. The number of ether oxygens (including phenoxy) is 1. The van der Waals surface area contributed by atoms with Crippen molar-refractivity contribution < 1.29 is 9.53 Å². The number of amides is 1. The maximum atomic E-state index is 11.3. The Labute approximate surface area is 121 Å². The minimum atomic E-state index is -0.150. The Bertz CT molecular complexity index is 410. The lowest BCUT2D eigenvalue weighted by Crippen LogP contribution is -2.38. The summed E-state index contributed by atoms with van der Waals surface area (Å²) in [6.07, 6.45) is 0. The second kappa shape index (κ2) is 7.87. The van der Waals surface area contributed by atoms with Gasteiger partial charge in [-0.1, -0.05) is 0 Å². The Balaban J connectivity index is 2.33. The van der Waals surface area contributed by atoms with Crippen molar-refractivity contribution in [2.75, 3.05) is 37.4 Å². The summed E-state index contributed by atoms with van der Waals surface area (Å²) in [6, 6.07) is 7.62. The average molecular weight is 279 g/mol. The highest BCUT2D eigenvalue weighted by Crippen LogP contribution is 2.13. The number of benzene rings is 1. The number of nitrogens with one attached hydrogen (secondary N) is 3. The Kier molecular flexibility index (Phi) is 6.48. The van der Waals surface area contributed by atoms with Gasteiger partial charge in [0.2, 0.25) is 5.91 Å². The van der Waals surface area contributed by atoms with Crippen molar-refractivity contribution in [2.24, 2.45) is 0 Å². The van der Waals surface area contributed by atoms with E-state index in [2.05, 4.69) is 36.7 Å². The van der Waals surface area contributed by atoms with E-state index in [9.17, 15) is 4.79 Å². The minimum absolute atomic E-state index is 0.0679. The molecule has 0 radical (unpaired) electrons. The molecule has 0 saturated carbocycles. The molecule has 5 heteroatoms. The van der Waals surface area contributed by atoms with Gasteiger partial charge in [-0.15, -0.1) is 0 Å². The van der Waals surface area contributed by atoms with Crippen LogP contribution in [0.1, 0.15) is 20.8 Å². The van der Waals surface area contributed by atoms with Gasteiger partial charge < -0.3 is 20.7 Å². The summed E-state index contributed by atoms with van der Waals surface area (Å²) in [4.78, 5) is 11.3. The van der Waals surface area contributed by atoms with E-state index < -0.39 is 0 Å². The van der Waals surface area contributed by atoms with Crippen LogP contribution in [0, 0.1) is 0 Å². The molecule has 0 atom stereocenters. The Hall–Kier alpha value is -1.59. The fourth-order valence-electron chi connectivity index (χ4n) is 1.64. The number of rotatable bonds is 7. The van der Waals surface area contributed by atoms with Crippen molar-refractivity contribution >= 4 is 17.3 Å². The van der Waals surface area contributed by atoms with Crippen LogP contribution in [0.5, 0.6) is 0 Å². The zero-order valence-corrected chi connectivity index (χ0v) is 12.7. The number of carbonyl (C=O) groups is 1. The van der Waals surface area contributed by atoms with Gasteiger partial charge in [-0.25, -0.2) is 0 Å². The van der Waals surface area contributed by atoms with Gasteiger partial charge in [0.25, 0.3) is 0 Å². The molecule has 0 unspecified atom stereocenters. The van der Waals surface area contributed by atoms with E-state index in [4.69, 9.17) is 4.74 Å². The first-order valence-corrected chi connectivity index (χ1v) is 6.78. The molecule has 3 N–H and O–H groups in total. The SMILES string of the molecule is COCC(=O)Nc1ccc(NCCNC(C)(C)C)cc1. The molecule has 0 bridgehead atoms. The van der Waals surface area contributed by atoms with Crippen molar-refractivity contribution in [1.29, 1.82) is 0 Å². The lowest BCUT2D eigenvalue weighted by atomic mass is 10.1. The highest BCUT2D eigenvalue weighted by atomic mass is 16.5. The van der Waals surface area contributed by atoms with Gasteiger partial charge in [0.15, 0.2) is 0 Å². The third kappa shape index (κ3) is 7.11. The smallest absolute Gasteiger partial charge is 0.250 e. The maximum Gasteiger partial charge on any atom is 0.250 e. The van der Waals surface area contributed by atoms with Crippen LogP contribution in [-0.4, -0.2) is 38.3 Å². The second-order valence-corrected chi connectivity index (χ2v) is 5.66. The van der Waals surface area contributed by atoms with Crippen molar-refractivity contribution in [1.82, 2.24) is 5.32 Å². The highest BCUT2D eigenvalue weighted by Gasteiger charge is 2.07. The van der Waals surface area contributed by atoms with Crippen LogP contribution in [0.3, 0.4) is 0 Å². The molecule has 0 spiro atoms. The first-order valence-electron chi connectivity index (χ1n) is 6.78. The number of carbonyl (C=O) groups excluding carboxylic acids is 1. The topological polar surface area (TPSA) is 62.4 Å². The van der Waals surface area contributed by atoms with Crippen LogP contribution in [-0.2, 0) is 9.53 Å². The second-order valence-electron chi connectivity index (χ2n) is 5.66. The molecule has 1 rings (SSSR count). The van der Waals surface area contributed by atoms with E-state index in [-0.39, 0.29) is 18.1 Å². The zero-order valence-electron chi connectivity index (χ0n) is 12.7. The van der Waals surface area contributed by atoms with E-state index in [1.54, 1.807) is 0 Å². The van der Waals surface area contributed by atoms with Gasteiger partial charge in [-0.3, -0.25) is 4.79 Å². The van der Waals surface area contributed by atoms with E-state index in [0.717, 1.165) is 24.5 Å². The standard InChI is InChI=1S/C15H25N3O2/c1-15(2,3)17-10-9-16-12-5-7-13(8-6-12)18-14(19)11-20-4/h5-8,16-17H,9-11H2,1-4H3,(H,18,19). The molecular weight excluding hydrogens is 254 g/mol. The van der Waals surface area contributed by atoms with Crippen LogP contribution in [0.2, 0.25) is 0 Å². The molecule has 0 aliphatic rings. The lowest BCUT2D eigenvalue weighted by molar-refractivity contribution is -0.119. The van der Waals surface area contributed by atoms with Crippen LogP contribution < -0.4 is 16.0 Å². The maximum absolute atomic E-state index is 11.3. The summed E-state index contributed by atoms with van der Waals surface area (Å²) in [5.74, 6) is -0.150. The molecule has 0 aliphatic carbocycles. The van der Waals surface area contributed by atoms with Crippen molar-refractivity contribution in [2.45, 2.75) is 26.3 Å². The van der Waals surface area contributed by atoms with Crippen LogP contribution in [0.15, 0.2) is 24.3 Å². The zero-order chi connectivity index (χ0) is 15.0. The summed E-state index contributed by atoms with van der Waals surface area (Å²) in [5.41, 5.74) is 1.94. The summed E-state index contributed by atoms with van der Waals surface area (Å²) in [6.45, 7) is 8.25. The molecule has 112 valence electrons. The number of hydrogen-bond donors (Lipinski definition) is 3. The van der Waals surface area contributed by atoms with Gasteiger partial charge in [0, 0.05) is 37.1 Å². The molecule has 0 saturated heterocycles. The largest absolute Gasteiger partial charge is 0.384 e. The first-order chi connectivity index (χ1) is 9.40. The molecule has 0 heterocycles. The van der Waals surface area contributed by atoms with Crippen LogP contribution >= 0.6 is 0 Å². The van der Waals surface area contributed by atoms with E-state index in [1.165, 1.54) is 7.11 Å². The van der Waals surface area contributed by atoms with E-state index in [0.29, 0.717) is 0 Å². The van der Waals surface area contributed by atoms with Gasteiger partial charge in [-0.05, 0) is 45.0 Å². The monoisotopic (exact) mass is 279 g/mol. The van der Waals surface area contributed by atoms with Crippen LogP contribution in [0.4, 0.5) is 11.4 Å². The molecule has 5 nitrogen and oxygen atoms in total. The summed E-state index contributed by atoms with van der Waals surface area (Å²) in [5, 5.41) is 9.49. The molecule has 1 amide bonds. The van der Waals surface area contributed by atoms with Gasteiger partial charge >= 0.3 is 0 Å². The van der Waals surface area contributed by atoms with Gasteiger partial charge in [0.05, 0.1) is 0 Å². The summed E-state index contributed by atoms with van der Waals surface area (Å²) < 4.78 is 4.76. The van der Waals surface area contributed by atoms with Gasteiger partial charge in [0.1, 0.15) is 6.61 Å². The average Bonchev–Trinajstić information content (AvgIpc) is 2.36. The molecule has 1 aromatic carbocycles. The fraction of sp³-hybridized carbons (Fsp3) is 0.533. The third-order valence-corrected chi connectivity index (χ3v) is 2.55. The predicted molar refractivity (Wildman–Crippen MR) is 83.2 cm³/mol. The Morgan fingerprint density at radius 1 is 1.10 bits per heavy atom. The molecule has 1 aromatic rings. The predicted octanol–water partition coefficient (Wildman–Crippen LogP) is 2.07. The highest BCUT2D eigenvalue weighted by molar-refractivity contribution is 5.91. The first kappa shape index (κ1) is 16.5. The summed E-state index contributed by atoms with van der Waals surface area (Å²) in [7, 11) is 1.50. The molecule has 0 fully saturated rings. The van der Waals surface area contributed by atoms with Crippen molar-refractivity contribution in [3.8, 4) is 0 Å². The van der Waals surface area contributed by atoms with E-state index >= 15 is 0 Å². The van der Waals surface area contributed by atoms with Crippen molar-refractivity contribution in [3.63, 3.8) is 0 Å². The quantitative estimate of drug-likeness (QED) is 0.669. The fourth-order valence-corrected chi connectivity index (χ4v) is 1.64. The minimum Gasteiger partial charge on any atom is -0.384 e.